The average molecular weight is 238 g/mol. The molecule has 0 radical (unpaired) electrons. The molecule has 0 aliphatic heterocycles. The molecule has 0 saturated carbocycles. The fourth-order valence-electron chi connectivity index (χ4n) is 2.11. The third-order valence-electron chi connectivity index (χ3n) is 3.10. The summed E-state index contributed by atoms with van der Waals surface area (Å²) in [6.45, 7) is 1.92. The first kappa shape index (κ1) is 11.0. The Morgan fingerprint density at radius 1 is 1.17 bits per heavy atom. The molecule has 0 aliphatic rings. The van der Waals surface area contributed by atoms with Gasteiger partial charge in [0.05, 0.1) is 17.8 Å². The molecule has 1 aromatic carbocycles. The SMILES string of the molecule is Cc1cc(C(N)c2ccc3ncccc3c2)co1. The highest BCUT2D eigenvalue weighted by molar-refractivity contribution is 5.79. The molecule has 3 aromatic rings. The highest BCUT2D eigenvalue weighted by atomic mass is 16.3. The predicted molar refractivity (Wildman–Crippen MR) is 71.2 cm³/mol. The number of nitrogens with zero attached hydrogens (tertiary/aromatic N) is 1. The number of fused-ring (bicyclic) bond motifs is 1. The van der Waals surface area contributed by atoms with E-state index in [9.17, 15) is 0 Å². The summed E-state index contributed by atoms with van der Waals surface area (Å²) in [5, 5.41) is 1.10. The maximum absolute atomic E-state index is 6.24. The molecule has 0 amide bonds. The number of furan rings is 1. The van der Waals surface area contributed by atoms with Crippen LogP contribution < -0.4 is 5.73 Å². The fraction of sp³-hybridized carbons (Fsp3) is 0.133. The molecule has 3 heteroatoms. The molecule has 0 saturated heterocycles. The molecule has 2 N–H and O–H groups in total. The van der Waals surface area contributed by atoms with Gasteiger partial charge >= 0.3 is 0 Å². The minimum absolute atomic E-state index is 0.160. The van der Waals surface area contributed by atoms with Crippen molar-refractivity contribution in [2.75, 3.05) is 0 Å². The molecule has 0 aliphatic carbocycles. The van der Waals surface area contributed by atoms with E-state index >= 15 is 0 Å². The van der Waals surface area contributed by atoms with Crippen molar-refractivity contribution in [1.29, 1.82) is 0 Å². The van der Waals surface area contributed by atoms with E-state index in [2.05, 4.69) is 11.1 Å². The van der Waals surface area contributed by atoms with E-state index in [4.69, 9.17) is 10.2 Å². The second-order valence-corrected chi connectivity index (χ2v) is 4.42. The van der Waals surface area contributed by atoms with Gasteiger partial charge in [0.1, 0.15) is 5.76 Å². The van der Waals surface area contributed by atoms with Gasteiger partial charge < -0.3 is 10.2 Å². The first-order valence-electron chi connectivity index (χ1n) is 5.89. The zero-order chi connectivity index (χ0) is 12.5. The van der Waals surface area contributed by atoms with E-state index in [1.807, 2.05) is 37.3 Å². The Morgan fingerprint density at radius 2 is 2.06 bits per heavy atom. The lowest BCUT2D eigenvalue weighted by Crippen LogP contribution is -2.10. The molecular formula is C15H14N2O. The molecule has 3 nitrogen and oxygen atoms in total. The van der Waals surface area contributed by atoms with Crippen LogP contribution in [0.25, 0.3) is 10.9 Å². The summed E-state index contributed by atoms with van der Waals surface area (Å²) in [4.78, 5) is 4.30. The third kappa shape index (κ3) is 1.89. The Bertz CT molecular complexity index is 688. The van der Waals surface area contributed by atoms with E-state index in [1.54, 1.807) is 12.5 Å². The van der Waals surface area contributed by atoms with Gasteiger partial charge in [0.15, 0.2) is 0 Å². The van der Waals surface area contributed by atoms with Crippen LogP contribution in [0.4, 0.5) is 0 Å². The molecule has 2 heterocycles. The Labute approximate surface area is 105 Å². The van der Waals surface area contributed by atoms with E-state index in [-0.39, 0.29) is 6.04 Å². The maximum Gasteiger partial charge on any atom is 0.101 e. The Balaban J connectivity index is 2.03. The van der Waals surface area contributed by atoms with Crippen LogP contribution in [-0.2, 0) is 0 Å². The van der Waals surface area contributed by atoms with Crippen molar-refractivity contribution in [2.24, 2.45) is 5.73 Å². The predicted octanol–water partition coefficient (Wildman–Crippen LogP) is 3.18. The molecule has 3 rings (SSSR count). The first-order valence-corrected chi connectivity index (χ1v) is 5.89. The number of benzene rings is 1. The molecule has 1 atom stereocenters. The lowest BCUT2D eigenvalue weighted by atomic mass is 10.00. The summed E-state index contributed by atoms with van der Waals surface area (Å²) in [5.74, 6) is 0.878. The first-order chi connectivity index (χ1) is 8.74. The van der Waals surface area contributed by atoms with Crippen LogP contribution >= 0.6 is 0 Å². The largest absolute Gasteiger partial charge is 0.469 e. The average Bonchev–Trinajstić information content (AvgIpc) is 2.84. The summed E-state index contributed by atoms with van der Waals surface area (Å²) in [7, 11) is 0. The Morgan fingerprint density at radius 3 is 2.83 bits per heavy atom. The van der Waals surface area contributed by atoms with E-state index in [0.29, 0.717) is 0 Å². The summed E-state index contributed by atoms with van der Waals surface area (Å²) in [6.07, 6.45) is 3.51. The summed E-state index contributed by atoms with van der Waals surface area (Å²) in [5.41, 5.74) is 9.29. The van der Waals surface area contributed by atoms with Crippen molar-refractivity contribution in [3.05, 3.63) is 65.7 Å². The number of nitrogens with two attached hydrogens (primary N) is 1. The van der Waals surface area contributed by atoms with Crippen molar-refractivity contribution in [2.45, 2.75) is 13.0 Å². The van der Waals surface area contributed by atoms with E-state index in [1.165, 1.54) is 0 Å². The Kier molecular flexibility index (Phi) is 2.61. The van der Waals surface area contributed by atoms with Crippen molar-refractivity contribution in [3.8, 4) is 0 Å². The summed E-state index contributed by atoms with van der Waals surface area (Å²) in [6, 6.07) is 11.9. The van der Waals surface area contributed by atoms with Crippen LogP contribution in [0.1, 0.15) is 22.9 Å². The number of rotatable bonds is 2. The standard InChI is InChI=1S/C15H14N2O/c1-10-7-13(9-18-10)15(16)12-4-5-14-11(8-12)3-2-6-17-14/h2-9,15H,16H2,1H3. The molecule has 1 unspecified atom stereocenters. The van der Waals surface area contributed by atoms with Gasteiger partial charge in [0.25, 0.3) is 0 Å². The van der Waals surface area contributed by atoms with Gasteiger partial charge in [-0.05, 0) is 36.8 Å². The van der Waals surface area contributed by atoms with Gasteiger partial charge in [-0.2, -0.15) is 0 Å². The van der Waals surface area contributed by atoms with E-state index in [0.717, 1.165) is 27.8 Å². The normalized spacial score (nSPS) is 12.8. The molecule has 0 fully saturated rings. The van der Waals surface area contributed by atoms with Crippen LogP contribution in [0, 0.1) is 6.92 Å². The van der Waals surface area contributed by atoms with Crippen LogP contribution in [0.3, 0.4) is 0 Å². The van der Waals surface area contributed by atoms with Gasteiger partial charge in [0.2, 0.25) is 0 Å². The topological polar surface area (TPSA) is 52.0 Å². The van der Waals surface area contributed by atoms with Crippen molar-refractivity contribution < 1.29 is 4.42 Å². The second kappa shape index (κ2) is 4.27. The second-order valence-electron chi connectivity index (χ2n) is 4.42. The van der Waals surface area contributed by atoms with Gasteiger partial charge in [-0.25, -0.2) is 0 Å². The molecular weight excluding hydrogens is 224 g/mol. The monoisotopic (exact) mass is 238 g/mol. The van der Waals surface area contributed by atoms with Crippen LogP contribution in [0.15, 0.2) is 53.3 Å². The van der Waals surface area contributed by atoms with Gasteiger partial charge in [0, 0.05) is 17.1 Å². The van der Waals surface area contributed by atoms with Gasteiger partial charge in [-0.1, -0.05) is 12.1 Å². The smallest absolute Gasteiger partial charge is 0.101 e. The fourth-order valence-corrected chi connectivity index (χ4v) is 2.11. The van der Waals surface area contributed by atoms with Crippen LogP contribution in [-0.4, -0.2) is 4.98 Å². The van der Waals surface area contributed by atoms with Crippen LogP contribution in [0.5, 0.6) is 0 Å². The quantitative estimate of drug-likeness (QED) is 0.746. The third-order valence-corrected chi connectivity index (χ3v) is 3.10. The summed E-state index contributed by atoms with van der Waals surface area (Å²) >= 11 is 0. The minimum atomic E-state index is -0.160. The molecule has 0 spiro atoms. The van der Waals surface area contributed by atoms with Crippen molar-refractivity contribution in [3.63, 3.8) is 0 Å². The minimum Gasteiger partial charge on any atom is -0.469 e. The lowest BCUT2D eigenvalue weighted by Gasteiger charge is -2.10. The lowest BCUT2D eigenvalue weighted by molar-refractivity contribution is 0.530. The zero-order valence-electron chi connectivity index (χ0n) is 10.1. The Hall–Kier alpha value is -2.13. The zero-order valence-corrected chi connectivity index (χ0v) is 10.1. The highest BCUT2D eigenvalue weighted by Gasteiger charge is 2.11. The molecule has 0 bridgehead atoms. The van der Waals surface area contributed by atoms with Gasteiger partial charge in [-0.15, -0.1) is 0 Å². The number of pyridine rings is 1. The maximum atomic E-state index is 6.24. The van der Waals surface area contributed by atoms with E-state index < -0.39 is 0 Å². The van der Waals surface area contributed by atoms with Crippen molar-refractivity contribution >= 4 is 10.9 Å². The summed E-state index contributed by atoms with van der Waals surface area (Å²) < 4.78 is 5.30. The molecule has 18 heavy (non-hydrogen) atoms. The number of aryl methyl sites for hydroxylation is 1. The molecule has 90 valence electrons. The van der Waals surface area contributed by atoms with Crippen molar-refractivity contribution in [1.82, 2.24) is 4.98 Å². The van der Waals surface area contributed by atoms with Crippen LogP contribution in [0.2, 0.25) is 0 Å². The highest BCUT2D eigenvalue weighted by Crippen LogP contribution is 2.24. The number of aromatic nitrogens is 1. The number of hydrogen-bond donors (Lipinski definition) is 1. The number of hydrogen-bond acceptors (Lipinski definition) is 3. The molecule has 2 aromatic heterocycles. The van der Waals surface area contributed by atoms with Gasteiger partial charge in [-0.3, -0.25) is 4.98 Å².